The Kier molecular flexibility index (Phi) is 2.12. The van der Waals surface area contributed by atoms with Crippen LogP contribution in [-0.4, -0.2) is 44.2 Å². The fourth-order valence-corrected chi connectivity index (χ4v) is 3.05. The van der Waals surface area contributed by atoms with Gasteiger partial charge in [0.25, 0.3) is 0 Å². The molecule has 0 aromatic rings. The first-order valence-electron chi connectivity index (χ1n) is 3.23. The van der Waals surface area contributed by atoms with E-state index < -0.39 is 27.1 Å². The summed E-state index contributed by atoms with van der Waals surface area (Å²) in [6.07, 6.45) is -4.68. The lowest BCUT2D eigenvalue weighted by atomic mass is 10.5. The minimum absolute atomic E-state index is 0.0491. The Bertz CT molecular complexity index is 271. The summed E-state index contributed by atoms with van der Waals surface area (Å²) in [5.41, 5.74) is 0. The Hall–Kier alpha value is -0.300. The van der Waals surface area contributed by atoms with Crippen molar-refractivity contribution in [1.29, 1.82) is 0 Å². The molecule has 0 saturated carbocycles. The fourth-order valence-electron chi connectivity index (χ4n) is 1.23. The van der Waals surface area contributed by atoms with Gasteiger partial charge in [-0.05, 0) is 7.05 Å². The largest absolute Gasteiger partial charge is 0.418 e. The van der Waals surface area contributed by atoms with E-state index in [2.05, 4.69) is 0 Å². The molecule has 0 spiro atoms. The molecular weight excluding hydrogens is 195 g/mol. The van der Waals surface area contributed by atoms with Crippen LogP contribution in [0.1, 0.15) is 0 Å². The van der Waals surface area contributed by atoms with Gasteiger partial charge < -0.3 is 0 Å². The summed E-state index contributed by atoms with van der Waals surface area (Å²) in [5, 5.41) is -2.30. The first-order chi connectivity index (χ1) is 5.25. The molecule has 1 aliphatic heterocycles. The van der Waals surface area contributed by atoms with Crippen molar-refractivity contribution in [2.24, 2.45) is 0 Å². The lowest BCUT2D eigenvalue weighted by Gasteiger charge is -2.20. The minimum Gasteiger partial charge on any atom is -0.282 e. The van der Waals surface area contributed by atoms with E-state index >= 15 is 0 Å². The van der Waals surface area contributed by atoms with Gasteiger partial charge >= 0.3 is 6.18 Å². The van der Waals surface area contributed by atoms with Crippen molar-refractivity contribution in [3.05, 3.63) is 0 Å². The van der Waals surface area contributed by atoms with Crippen molar-refractivity contribution < 1.29 is 21.6 Å². The van der Waals surface area contributed by atoms with Gasteiger partial charge in [0.15, 0.2) is 9.84 Å². The van der Waals surface area contributed by atoms with Crippen LogP contribution in [0.4, 0.5) is 13.2 Å². The molecule has 0 radical (unpaired) electrons. The molecule has 72 valence electrons. The van der Waals surface area contributed by atoms with E-state index in [1.54, 1.807) is 0 Å². The van der Waals surface area contributed by atoms with Crippen LogP contribution >= 0.6 is 0 Å². The fraction of sp³-hybridized carbons (Fsp3) is 1.00. The van der Waals surface area contributed by atoms with Crippen molar-refractivity contribution in [2.75, 3.05) is 19.3 Å². The van der Waals surface area contributed by atoms with Crippen molar-refractivity contribution in [3.8, 4) is 0 Å². The summed E-state index contributed by atoms with van der Waals surface area (Å²) in [7, 11) is -2.84. The second-order valence-electron chi connectivity index (χ2n) is 2.74. The Morgan fingerprint density at radius 1 is 1.42 bits per heavy atom. The highest BCUT2D eigenvalue weighted by molar-refractivity contribution is 7.92. The number of hydrogen-bond acceptors (Lipinski definition) is 3. The summed E-state index contributed by atoms with van der Waals surface area (Å²) in [5.74, 6) is -0.409. The predicted octanol–water partition coefficient (Wildman–Crippen LogP) is 0.235. The highest BCUT2D eigenvalue weighted by atomic mass is 32.2. The smallest absolute Gasteiger partial charge is 0.282 e. The van der Waals surface area contributed by atoms with Crippen LogP contribution in [0.3, 0.4) is 0 Å². The van der Waals surface area contributed by atoms with E-state index in [0.29, 0.717) is 0 Å². The minimum atomic E-state index is -4.68. The summed E-state index contributed by atoms with van der Waals surface area (Å²) < 4.78 is 58.0. The van der Waals surface area contributed by atoms with Gasteiger partial charge in [0, 0.05) is 6.54 Å². The van der Waals surface area contributed by atoms with Gasteiger partial charge in [0.2, 0.25) is 5.37 Å². The molecule has 1 atom stereocenters. The zero-order chi connectivity index (χ0) is 9.57. The molecule has 7 heteroatoms. The van der Waals surface area contributed by atoms with Crippen LogP contribution < -0.4 is 0 Å². The van der Waals surface area contributed by atoms with Crippen LogP contribution in [-0.2, 0) is 9.84 Å². The Morgan fingerprint density at radius 3 is 2.08 bits per heavy atom. The summed E-state index contributed by atoms with van der Waals surface area (Å²) in [6, 6.07) is 0. The third-order valence-corrected chi connectivity index (χ3v) is 3.81. The summed E-state index contributed by atoms with van der Waals surface area (Å²) in [6.45, 7) is -0.0491. The SMILES string of the molecule is CN1CCS(=O)(=O)C1C(F)(F)F. The van der Waals surface area contributed by atoms with E-state index in [4.69, 9.17) is 0 Å². The molecule has 0 N–H and O–H groups in total. The standard InChI is InChI=1S/C5H8F3NO2S/c1-9-2-3-12(10,11)4(9)5(6,7)8/h4H,2-3H2,1H3. The van der Waals surface area contributed by atoms with Gasteiger partial charge in [0.1, 0.15) is 0 Å². The van der Waals surface area contributed by atoms with Gasteiger partial charge in [-0.1, -0.05) is 0 Å². The van der Waals surface area contributed by atoms with Gasteiger partial charge in [0.05, 0.1) is 5.75 Å². The third kappa shape index (κ3) is 1.56. The van der Waals surface area contributed by atoms with Crippen LogP contribution in [0.25, 0.3) is 0 Å². The number of alkyl halides is 3. The van der Waals surface area contributed by atoms with E-state index in [1.165, 1.54) is 0 Å². The number of rotatable bonds is 0. The van der Waals surface area contributed by atoms with Crippen LogP contribution in [0.5, 0.6) is 0 Å². The monoisotopic (exact) mass is 203 g/mol. The average Bonchev–Trinajstić information content (AvgIpc) is 2.03. The Labute approximate surface area is 68.1 Å². The van der Waals surface area contributed by atoms with Gasteiger partial charge in [-0.15, -0.1) is 0 Å². The molecule has 1 heterocycles. The molecule has 1 aliphatic rings. The number of nitrogens with zero attached hydrogens (tertiary/aromatic N) is 1. The zero-order valence-electron chi connectivity index (χ0n) is 6.30. The van der Waals surface area contributed by atoms with Gasteiger partial charge in [-0.2, -0.15) is 13.2 Å². The van der Waals surface area contributed by atoms with E-state index in [0.717, 1.165) is 11.9 Å². The maximum Gasteiger partial charge on any atom is 0.418 e. The lowest BCUT2D eigenvalue weighted by molar-refractivity contribution is -0.153. The van der Waals surface area contributed by atoms with Crippen molar-refractivity contribution in [1.82, 2.24) is 4.90 Å². The topological polar surface area (TPSA) is 37.4 Å². The summed E-state index contributed by atoms with van der Waals surface area (Å²) in [4.78, 5) is 0.801. The molecule has 1 saturated heterocycles. The number of hydrogen-bond donors (Lipinski definition) is 0. The second kappa shape index (κ2) is 2.59. The summed E-state index contributed by atoms with van der Waals surface area (Å²) >= 11 is 0. The first-order valence-corrected chi connectivity index (χ1v) is 4.95. The molecule has 1 fully saturated rings. The molecule has 0 aliphatic carbocycles. The van der Waals surface area contributed by atoms with Crippen LogP contribution in [0.15, 0.2) is 0 Å². The molecule has 0 amide bonds. The van der Waals surface area contributed by atoms with Crippen LogP contribution in [0, 0.1) is 0 Å². The highest BCUT2D eigenvalue weighted by Crippen LogP contribution is 2.31. The molecule has 0 bridgehead atoms. The molecular formula is C5H8F3NO2S. The second-order valence-corrected chi connectivity index (χ2v) is 4.92. The maximum absolute atomic E-state index is 12.1. The third-order valence-electron chi connectivity index (χ3n) is 1.75. The average molecular weight is 203 g/mol. The van der Waals surface area contributed by atoms with E-state index in [1.807, 2.05) is 0 Å². The normalized spacial score (nSPS) is 30.8. The van der Waals surface area contributed by atoms with Gasteiger partial charge in [-0.25, -0.2) is 8.42 Å². The van der Waals surface area contributed by atoms with Crippen molar-refractivity contribution in [2.45, 2.75) is 11.6 Å². The predicted molar refractivity (Wildman–Crippen MR) is 36.3 cm³/mol. The molecule has 1 rings (SSSR count). The van der Waals surface area contributed by atoms with E-state index in [9.17, 15) is 21.6 Å². The lowest BCUT2D eigenvalue weighted by Crippen LogP contribution is -2.42. The number of sulfone groups is 1. The van der Waals surface area contributed by atoms with E-state index in [-0.39, 0.29) is 6.54 Å². The Morgan fingerprint density at radius 2 is 1.92 bits per heavy atom. The molecule has 1 unspecified atom stereocenters. The Balaban J connectivity index is 3.02. The van der Waals surface area contributed by atoms with Crippen molar-refractivity contribution in [3.63, 3.8) is 0 Å². The molecule has 3 nitrogen and oxygen atoms in total. The quantitative estimate of drug-likeness (QED) is 0.565. The van der Waals surface area contributed by atoms with Crippen molar-refractivity contribution >= 4 is 9.84 Å². The molecule has 0 aromatic carbocycles. The molecule has 12 heavy (non-hydrogen) atoms. The number of halogens is 3. The first kappa shape index (κ1) is 9.79. The molecule has 0 aromatic heterocycles. The van der Waals surface area contributed by atoms with Crippen LogP contribution in [0.2, 0.25) is 0 Å². The van der Waals surface area contributed by atoms with Gasteiger partial charge in [-0.3, -0.25) is 4.90 Å². The highest BCUT2D eigenvalue weighted by Gasteiger charge is 2.54. The zero-order valence-corrected chi connectivity index (χ0v) is 7.11. The maximum atomic E-state index is 12.1.